The summed E-state index contributed by atoms with van der Waals surface area (Å²) >= 11 is 2.86. The molecule has 1 heterocycles. The van der Waals surface area contributed by atoms with Gasteiger partial charge in [0.2, 0.25) is 5.92 Å². The Bertz CT molecular complexity index is 1060. The van der Waals surface area contributed by atoms with E-state index in [1.54, 1.807) is 26.0 Å². The summed E-state index contributed by atoms with van der Waals surface area (Å²) in [5.41, 5.74) is 0.590. The highest BCUT2D eigenvalue weighted by atomic mass is 32.2. The number of anilines is 2. The van der Waals surface area contributed by atoms with Crippen molar-refractivity contribution < 1.29 is 27.8 Å². The summed E-state index contributed by atoms with van der Waals surface area (Å²) < 4.78 is 48.6. The molecule has 34 heavy (non-hydrogen) atoms. The number of hydrogen-bond acceptors (Lipinski definition) is 6. The molecular formula is C24H27F3N2O3S2. The molecule has 10 heteroatoms. The Morgan fingerprint density at radius 2 is 1.91 bits per heavy atom. The predicted octanol–water partition coefficient (Wildman–Crippen LogP) is 6.30. The standard InChI is InChI=1S/C24H27F3N2O3S2/c1-23(2,22(30)31)14-32-19-11-20-18(10-21(19)33-17-12-24(26,27)13-17)29(9-8-28(3)34-20)16-6-4-15(25)5-7-16/h4-7,10-11,17H,8-9,12-14H2,1-3H3,(H,30,31). The Labute approximate surface area is 205 Å². The van der Waals surface area contributed by atoms with Gasteiger partial charge in [-0.15, -0.1) is 11.8 Å². The van der Waals surface area contributed by atoms with Gasteiger partial charge in [0.15, 0.2) is 0 Å². The van der Waals surface area contributed by atoms with Gasteiger partial charge < -0.3 is 14.7 Å². The summed E-state index contributed by atoms with van der Waals surface area (Å²) in [5.74, 6) is -3.46. The Morgan fingerprint density at radius 3 is 2.53 bits per heavy atom. The minimum Gasteiger partial charge on any atom is -0.491 e. The van der Waals surface area contributed by atoms with Gasteiger partial charge in [-0.3, -0.25) is 4.79 Å². The van der Waals surface area contributed by atoms with Gasteiger partial charge in [-0.05, 0) is 69.2 Å². The Kier molecular flexibility index (Phi) is 7.04. The third-order valence-electron chi connectivity index (χ3n) is 5.86. The molecule has 0 spiro atoms. The van der Waals surface area contributed by atoms with Crippen molar-refractivity contribution in [2.45, 2.75) is 47.7 Å². The number of hydrogen-bond donors (Lipinski definition) is 1. The van der Waals surface area contributed by atoms with Gasteiger partial charge in [-0.25, -0.2) is 17.5 Å². The first-order valence-corrected chi connectivity index (χ1v) is 12.6. The lowest BCUT2D eigenvalue weighted by molar-refractivity contribution is -0.148. The lowest BCUT2D eigenvalue weighted by atomic mass is 9.94. The molecule has 5 nitrogen and oxygen atoms in total. The SMILES string of the molecule is CN1CCN(c2ccc(F)cc2)c2cc(SC3CC(F)(F)C3)c(OCC(C)(C)C(=O)O)cc2S1. The fourth-order valence-electron chi connectivity index (χ4n) is 3.67. The maximum atomic E-state index is 13.5. The number of aliphatic carboxylic acids is 1. The van der Waals surface area contributed by atoms with Gasteiger partial charge in [-0.1, -0.05) is 0 Å². The first kappa shape index (κ1) is 25.1. The third kappa shape index (κ3) is 5.60. The number of thioether (sulfide) groups is 1. The number of fused-ring (bicyclic) bond motifs is 1. The molecule has 1 aliphatic heterocycles. The van der Waals surface area contributed by atoms with Crippen molar-refractivity contribution in [2.24, 2.45) is 5.41 Å². The molecule has 4 rings (SSSR count). The van der Waals surface area contributed by atoms with E-state index in [0.717, 1.165) is 22.8 Å². The number of alkyl halides is 2. The fraction of sp³-hybridized carbons (Fsp3) is 0.458. The monoisotopic (exact) mass is 512 g/mol. The average molecular weight is 513 g/mol. The molecule has 1 fully saturated rings. The Balaban J connectivity index is 1.72. The molecule has 2 aromatic rings. The number of carbonyl (C=O) groups is 1. The molecule has 1 saturated carbocycles. The number of ether oxygens (including phenoxy) is 1. The quantitative estimate of drug-likeness (QED) is 0.437. The van der Waals surface area contributed by atoms with Crippen molar-refractivity contribution in [3.8, 4) is 5.75 Å². The van der Waals surface area contributed by atoms with Crippen LogP contribution in [0.25, 0.3) is 0 Å². The largest absolute Gasteiger partial charge is 0.491 e. The van der Waals surface area contributed by atoms with E-state index in [-0.39, 0.29) is 30.5 Å². The van der Waals surface area contributed by atoms with Crippen molar-refractivity contribution in [2.75, 3.05) is 31.6 Å². The van der Waals surface area contributed by atoms with Crippen LogP contribution in [-0.4, -0.2) is 53.3 Å². The summed E-state index contributed by atoms with van der Waals surface area (Å²) in [4.78, 5) is 15.2. The van der Waals surface area contributed by atoms with E-state index in [0.29, 0.717) is 17.2 Å². The number of likely N-dealkylation sites (N-methyl/N-ethyl adjacent to an activating group) is 1. The summed E-state index contributed by atoms with van der Waals surface area (Å²) in [6, 6.07) is 10.0. The molecule has 0 atom stereocenters. The maximum absolute atomic E-state index is 13.5. The second-order valence-electron chi connectivity index (χ2n) is 9.32. The summed E-state index contributed by atoms with van der Waals surface area (Å²) in [6.07, 6.45) is -0.401. The normalized spacial score (nSPS) is 18.7. The van der Waals surface area contributed by atoms with Gasteiger partial charge in [0, 0.05) is 36.9 Å². The van der Waals surface area contributed by atoms with Crippen molar-refractivity contribution in [1.82, 2.24) is 4.31 Å². The molecule has 184 valence electrons. The van der Waals surface area contributed by atoms with E-state index >= 15 is 0 Å². The molecule has 2 aromatic carbocycles. The smallest absolute Gasteiger partial charge is 0.312 e. The van der Waals surface area contributed by atoms with Crippen molar-refractivity contribution in [3.63, 3.8) is 0 Å². The van der Waals surface area contributed by atoms with Crippen molar-refractivity contribution in [1.29, 1.82) is 0 Å². The van der Waals surface area contributed by atoms with Gasteiger partial charge in [0.25, 0.3) is 0 Å². The van der Waals surface area contributed by atoms with Gasteiger partial charge in [-0.2, -0.15) is 0 Å². The van der Waals surface area contributed by atoms with Crippen LogP contribution in [0.3, 0.4) is 0 Å². The molecule has 0 bridgehead atoms. The molecule has 0 amide bonds. The average Bonchev–Trinajstić information content (AvgIpc) is 2.89. The third-order valence-corrected chi connectivity index (χ3v) is 8.12. The summed E-state index contributed by atoms with van der Waals surface area (Å²) in [6.45, 7) is 4.49. The number of halogens is 3. The highest BCUT2D eigenvalue weighted by molar-refractivity contribution is 8.00. The fourth-order valence-corrected chi connectivity index (χ4v) is 6.03. The van der Waals surface area contributed by atoms with Crippen LogP contribution >= 0.6 is 23.7 Å². The van der Waals surface area contributed by atoms with Crippen LogP contribution < -0.4 is 9.64 Å². The van der Waals surface area contributed by atoms with Gasteiger partial charge in [0.1, 0.15) is 18.2 Å². The second-order valence-corrected chi connectivity index (χ2v) is 11.9. The number of carboxylic acid groups (broad SMARTS) is 1. The van der Waals surface area contributed by atoms with E-state index in [2.05, 4.69) is 9.21 Å². The lowest BCUT2D eigenvalue weighted by Gasteiger charge is -2.35. The number of nitrogens with zero attached hydrogens (tertiary/aromatic N) is 2. The van der Waals surface area contributed by atoms with Crippen LogP contribution in [0.2, 0.25) is 0 Å². The Morgan fingerprint density at radius 1 is 1.24 bits per heavy atom. The van der Waals surface area contributed by atoms with Crippen LogP contribution in [0.5, 0.6) is 5.75 Å². The molecule has 0 aromatic heterocycles. The molecule has 1 N–H and O–H groups in total. The maximum Gasteiger partial charge on any atom is 0.312 e. The molecule has 0 saturated heterocycles. The second kappa shape index (κ2) is 9.54. The van der Waals surface area contributed by atoms with Crippen LogP contribution in [-0.2, 0) is 4.79 Å². The van der Waals surface area contributed by atoms with Crippen LogP contribution in [0, 0.1) is 11.2 Å². The first-order chi connectivity index (χ1) is 15.9. The van der Waals surface area contributed by atoms with E-state index in [1.807, 2.05) is 19.2 Å². The first-order valence-electron chi connectivity index (χ1n) is 10.9. The minimum atomic E-state index is -2.64. The van der Waals surface area contributed by atoms with Crippen molar-refractivity contribution >= 4 is 41.1 Å². The van der Waals surface area contributed by atoms with Crippen LogP contribution in [0.1, 0.15) is 26.7 Å². The number of carboxylic acids is 1. The molecule has 2 aliphatic rings. The zero-order valence-corrected chi connectivity index (χ0v) is 20.8. The molecule has 0 unspecified atom stereocenters. The number of benzene rings is 2. The molecule has 1 aliphatic carbocycles. The lowest BCUT2D eigenvalue weighted by Crippen LogP contribution is -2.37. The topological polar surface area (TPSA) is 53.0 Å². The van der Waals surface area contributed by atoms with Crippen LogP contribution in [0.15, 0.2) is 46.2 Å². The minimum absolute atomic E-state index is 0.0578. The van der Waals surface area contributed by atoms with E-state index in [1.165, 1.54) is 35.8 Å². The predicted molar refractivity (Wildman–Crippen MR) is 129 cm³/mol. The van der Waals surface area contributed by atoms with E-state index < -0.39 is 17.3 Å². The van der Waals surface area contributed by atoms with Crippen LogP contribution in [0.4, 0.5) is 24.5 Å². The summed E-state index contributed by atoms with van der Waals surface area (Å²) in [5, 5.41) is 9.22. The summed E-state index contributed by atoms with van der Waals surface area (Å²) in [7, 11) is 1.97. The van der Waals surface area contributed by atoms with Gasteiger partial charge >= 0.3 is 5.97 Å². The van der Waals surface area contributed by atoms with E-state index in [4.69, 9.17) is 4.74 Å². The van der Waals surface area contributed by atoms with Gasteiger partial charge in [0.05, 0.1) is 20.9 Å². The zero-order valence-electron chi connectivity index (χ0n) is 19.2. The highest BCUT2D eigenvalue weighted by Gasteiger charge is 2.46. The molecule has 0 radical (unpaired) electrons. The van der Waals surface area contributed by atoms with Crippen molar-refractivity contribution in [3.05, 3.63) is 42.2 Å². The van der Waals surface area contributed by atoms with E-state index in [9.17, 15) is 23.1 Å². The molecular weight excluding hydrogens is 485 g/mol. The Hall–Kier alpha value is -2.04. The highest BCUT2D eigenvalue weighted by Crippen LogP contribution is 2.51. The number of rotatable bonds is 7. The zero-order chi connectivity index (χ0) is 24.7.